The van der Waals surface area contributed by atoms with E-state index in [0.29, 0.717) is 12.8 Å². The number of nitrogens with zero attached hydrogens (tertiary/aromatic N) is 2. The van der Waals surface area contributed by atoms with Gasteiger partial charge in [0.15, 0.2) is 0 Å². The Morgan fingerprint density at radius 3 is 2.62 bits per heavy atom. The summed E-state index contributed by atoms with van der Waals surface area (Å²) in [6, 6.07) is 11.7. The predicted molar refractivity (Wildman–Crippen MR) is 62.6 cm³/mol. The molecular formula is C13H16N2O. The van der Waals surface area contributed by atoms with Crippen LogP contribution in [-0.4, -0.2) is 23.9 Å². The van der Waals surface area contributed by atoms with Crippen LogP contribution < -0.4 is 0 Å². The van der Waals surface area contributed by atoms with E-state index in [4.69, 9.17) is 5.26 Å². The molecule has 1 unspecified atom stereocenters. The van der Waals surface area contributed by atoms with Gasteiger partial charge in [-0.3, -0.25) is 4.79 Å². The second-order valence-electron chi connectivity index (χ2n) is 3.88. The lowest BCUT2D eigenvalue weighted by molar-refractivity contribution is -0.130. The molecule has 0 fully saturated rings. The van der Waals surface area contributed by atoms with Crippen LogP contribution in [0.1, 0.15) is 18.9 Å². The highest BCUT2D eigenvalue weighted by atomic mass is 16.2. The van der Waals surface area contributed by atoms with E-state index in [1.165, 1.54) is 0 Å². The summed E-state index contributed by atoms with van der Waals surface area (Å²) in [5.41, 5.74) is 1.00. The molecule has 0 aromatic heterocycles. The lowest BCUT2D eigenvalue weighted by Gasteiger charge is -2.22. The van der Waals surface area contributed by atoms with Gasteiger partial charge in [0.1, 0.15) is 0 Å². The summed E-state index contributed by atoms with van der Waals surface area (Å²) in [7, 11) is 1.74. The fourth-order valence-electron chi connectivity index (χ4n) is 1.41. The van der Waals surface area contributed by atoms with E-state index in [1.54, 1.807) is 11.9 Å². The Morgan fingerprint density at radius 2 is 2.06 bits per heavy atom. The minimum absolute atomic E-state index is 0.0267. The zero-order valence-electron chi connectivity index (χ0n) is 9.68. The average molecular weight is 216 g/mol. The third kappa shape index (κ3) is 3.39. The van der Waals surface area contributed by atoms with E-state index in [0.717, 1.165) is 5.56 Å². The Balaban J connectivity index is 2.56. The lowest BCUT2D eigenvalue weighted by Crippen LogP contribution is -2.35. The molecule has 84 valence electrons. The first-order chi connectivity index (χ1) is 7.65. The van der Waals surface area contributed by atoms with Crippen molar-refractivity contribution in [1.82, 2.24) is 4.90 Å². The van der Waals surface area contributed by atoms with Gasteiger partial charge in [-0.2, -0.15) is 5.26 Å². The molecule has 1 rings (SSSR count). The van der Waals surface area contributed by atoms with Crippen LogP contribution in [-0.2, 0) is 11.2 Å². The fraction of sp³-hybridized carbons (Fsp3) is 0.385. The maximum Gasteiger partial charge on any atom is 0.227 e. The van der Waals surface area contributed by atoms with E-state index in [9.17, 15) is 4.79 Å². The van der Waals surface area contributed by atoms with Crippen molar-refractivity contribution in [2.45, 2.75) is 25.8 Å². The van der Waals surface area contributed by atoms with Gasteiger partial charge in [0.05, 0.1) is 18.9 Å². The molecule has 0 aliphatic carbocycles. The largest absolute Gasteiger partial charge is 0.342 e. The van der Waals surface area contributed by atoms with Gasteiger partial charge >= 0.3 is 0 Å². The second kappa shape index (κ2) is 5.92. The number of likely N-dealkylation sites (N-methyl/N-ethyl adjacent to an activating group) is 1. The van der Waals surface area contributed by atoms with Gasteiger partial charge in [-0.05, 0) is 12.5 Å². The van der Waals surface area contributed by atoms with Crippen molar-refractivity contribution >= 4 is 5.91 Å². The zero-order chi connectivity index (χ0) is 12.0. The van der Waals surface area contributed by atoms with Crippen molar-refractivity contribution in [1.29, 1.82) is 5.26 Å². The first-order valence-corrected chi connectivity index (χ1v) is 5.31. The van der Waals surface area contributed by atoms with Gasteiger partial charge in [0, 0.05) is 13.1 Å². The first kappa shape index (κ1) is 12.3. The SMILES string of the molecule is CC(CC#N)N(C)C(=O)Cc1ccccc1. The number of hydrogen-bond acceptors (Lipinski definition) is 2. The summed E-state index contributed by atoms with van der Waals surface area (Å²) >= 11 is 0. The number of carbonyl (C=O) groups excluding carboxylic acids is 1. The summed E-state index contributed by atoms with van der Waals surface area (Å²) in [6.07, 6.45) is 0.768. The monoisotopic (exact) mass is 216 g/mol. The van der Waals surface area contributed by atoms with Gasteiger partial charge in [-0.1, -0.05) is 30.3 Å². The molecule has 0 aliphatic heterocycles. The molecule has 3 nitrogen and oxygen atoms in total. The quantitative estimate of drug-likeness (QED) is 0.772. The molecule has 1 aromatic carbocycles. The van der Waals surface area contributed by atoms with Crippen LogP contribution in [0.2, 0.25) is 0 Å². The summed E-state index contributed by atoms with van der Waals surface area (Å²) in [6.45, 7) is 1.88. The molecule has 0 saturated carbocycles. The second-order valence-corrected chi connectivity index (χ2v) is 3.88. The number of nitriles is 1. The molecule has 1 aromatic rings. The average Bonchev–Trinajstić information content (AvgIpc) is 2.29. The van der Waals surface area contributed by atoms with Crippen LogP contribution >= 0.6 is 0 Å². The van der Waals surface area contributed by atoms with Crippen molar-refractivity contribution in [2.75, 3.05) is 7.05 Å². The molecule has 16 heavy (non-hydrogen) atoms. The van der Waals surface area contributed by atoms with E-state index in [-0.39, 0.29) is 11.9 Å². The van der Waals surface area contributed by atoms with Gasteiger partial charge in [0.25, 0.3) is 0 Å². The Morgan fingerprint density at radius 1 is 1.44 bits per heavy atom. The first-order valence-electron chi connectivity index (χ1n) is 5.31. The lowest BCUT2D eigenvalue weighted by atomic mass is 10.1. The minimum Gasteiger partial charge on any atom is -0.342 e. The summed E-state index contributed by atoms with van der Waals surface area (Å²) < 4.78 is 0. The summed E-state index contributed by atoms with van der Waals surface area (Å²) in [4.78, 5) is 13.5. The summed E-state index contributed by atoms with van der Waals surface area (Å²) in [5, 5.41) is 8.57. The van der Waals surface area contributed by atoms with E-state index >= 15 is 0 Å². The Hall–Kier alpha value is -1.82. The molecule has 1 atom stereocenters. The number of carbonyl (C=O) groups is 1. The third-order valence-corrected chi connectivity index (χ3v) is 2.64. The van der Waals surface area contributed by atoms with Crippen molar-refractivity contribution in [3.05, 3.63) is 35.9 Å². The van der Waals surface area contributed by atoms with Crippen molar-refractivity contribution in [3.8, 4) is 6.07 Å². The summed E-state index contributed by atoms with van der Waals surface area (Å²) in [5.74, 6) is 0.0500. The third-order valence-electron chi connectivity index (χ3n) is 2.64. The maximum absolute atomic E-state index is 11.8. The van der Waals surface area contributed by atoms with Gasteiger partial charge < -0.3 is 4.90 Å². The van der Waals surface area contributed by atoms with Crippen LogP contribution in [0.3, 0.4) is 0 Å². The number of hydrogen-bond donors (Lipinski definition) is 0. The topological polar surface area (TPSA) is 44.1 Å². The normalized spacial score (nSPS) is 11.6. The van der Waals surface area contributed by atoms with Crippen molar-refractivity contribution in [2.24, 2.45) is 0 Å². The zero-order valence-corrected chi connectivity index (χ0v) is 9.68. The van der Waals surface area contributed by atoms with E-state index in [1.807, 2.05) is 37.3 Å². The molecule has 0 spiro atoms. The van der Waals surface area contributed by atoms with Crippen molar-refractivity contribution < 1.29 is 4.79 Å². The smallest absolute Gasteiger partial charge is 0.227 e. The Bertz CT molecular complexity index is 381. The van der Waals surface area contributed by atoms with Crippen LogP contribution in [0.15, 0.2) is 30.3 Å². The maximum atomic E-state index is 11.8. The van der Waals surface area contributed by atoms with Gasteiger partial charge in [-0.15, -0.1) is 0 Å². The van der Waals surface area contributed by atoms with E-state index in [2.05, 4.69) is 6.07 Å². The molecule has 0 radical (unpaired) electrons. The molecule has 0 saturated heterocycles. The highest BCUT2D eigenvalue weighted by Crippen LogP contribution is 2.06. The van der Waals surface area contributed by atoms with Gasteiger partial charge in [0.2, 0.25) is 5.91 Å². The predicted octanol–water partition coefficient (Wildman–Crippen LogP) is 1.99. The van der Waals surface area contributed by atoms with Crippen molar-refractivity contribution in [3.63, 3.8) is 0 Å². The molecule has 0 bridgehead atoms. The molecular weight excluding hydrogens is 200 g/mol. The van der Waals surface area contributed by atoms with Gasteiger partial charge in [-0.25, -0.2) is 0 Å². The van der Waals surface area contributed by atoms with Crippen LogP contribution in [0.25, 0.3) is 0 Å². The van der Waals surface area contributed by atoms with Crippen LogP contribution in [0.5, 0.6) is 0 Å². The highest BCUT2D eigenvalue weighted by molar-refractivity contribution is 5.78. The van der Waals surface area contributed by atoms with Crippen LogP contribution in [0.4, 0.5) is 0 Å². The molecule has 0 N–H and O–H groups in total. The minimum atomic E-state index is -0.0267. The number of benzene rings is 1. The number of amides is 1. The fourth-order valence-corrected chi connectivity index (χ4v) is 1.41. The Labute approximate surface area is 96.3 Å². The molecule has 1 amide bonds. The highest BCUT2D eigenvalue weighted by Gasteiger charge is 2.15. The van der Waals surface area contributed by atoms with Crippen LogP contribution in [0, 0.1) is 11.3 Å². The molecule has 0 heterocycles. The van der Waals surface area contributed by atoms with E-state index < -0.39 is 0 Å². The Kier molecular flexibility index (Phi) is 4.53. The standard InChI is InChI=1S/C13H16N2O/c1-11(8-9-14)15(2)13(16)10-12-6-4-3-5-7-12/h3-7,11H,8,10H2,1-2H3. The molecule has 0 aliphatic rings. The molecule has 3 heteroatoms. The number of rotatable bonds is 4.